The van der Waals surface area contributed by atoms with Gasteiger partial charge in [-0.1, -0.05) is 0 Å². The van der Waals surface area contributed by atoms with Crippen LogP contribution in [0.5, 0.6) is 0 Å². The van der Waals surface area contributed by atoms with E-state index in [9.17, 15) is 4.79 Å². The number of carbonyl (C=O) groups excluding carboxylic acids is 1. The molecule has 11 heavy (non-hydrogen) atoms. The normalized spacial score (nSPS) is 8.55. The third-order valence-electron chi connectivity index (χ3n) is 0.971. The summed E-state index contributed by atoms with van der Waals surface area (Å²) in [6.07, 6.45) is 1.58. The van der Waals surface area contributed by atoms with Gasteiger partial charge in [-0.05, 0) is 39.7 Å². The molecule has 60 valence electrons. The number of pyridine rings is 1. The quantitative estimate of drug-likeness (QED) is 0.571. The Morgan fingerprint density at radius 2 is 2.27 bits per heavy atom. The third kappa shape index (κ3) is 2.77. The first kappa shape index (κ1) is 10.9. The Labute approximate surface area is 83.5 Å². The average Bonchev–Trinajstić information content (AvgIpc) is 1.88. The van der Waals surface area contributed by atoms with Gasteiger partial charge in [0.25, 0.3) is 5.24 Å². The van der Waals surface area contributed by atoms with E-state index in [1.807, 2.05) is 0 Å². The molecule has 0 aliphatic carbocycles. The van der Waals surface area contributed by atoms with E-state index < -0.39 is 5.24 Å². The van der Waals surface area contributed by atoms with Gasteiger partial charge in [0, 0.05) is 6.20 Å². The summed E-state index contributed by atoms with van der Waals surface area (Å²) in [6.45, 7) is 0. The summed E-state index contributed by atoms with van der Waals surface area (Å²) in [5.74, 6) is 0. The highest BCUT2D eigenvalue weighted by Gasteiger charge is 2.05. The van der Waals surface area contributed by atoms with Crippen molar-refractivity contribution in [1.29, 1.82) is 0 Å². The molecule has 0 aliphatic heterocycles. The van der Waals surface area contributed by atoms with E-state index in [-0.39, 0.29) is 12.4 Å². The van der Waals surface area contributed by atoms with Crippen LogP contribution in [-0.2, 0) is 0 Å². The lowest BCUT2D eigenvalue weighted by molar-refractivity contribution is 0.108. The van der Waals surface area contributed by atoms with Crippen molar-refractivity contribution in [2.45, 2.75) is 0 Å². The van der Waals surface area contributed by atoms with Crippen LogP contribution in [0.4, 0.5) is 0 Å². The number of hydrogen-bond donors (Lipinski definition) is 0. The van der Waals surface area contributed by atoms with Gasteiger partial charge >= 0.3 is 0 Å². The Morgan fingerprint density at radius 3 is 2.64 bits per heavy atom. The predicted octanol–water partition coefficient (Wildman–Crippen LogP) is 2.64. The molecule has 0 bridgehead atoms. The summed E-state index contributed by atoms with van der Waals surface area (Å²) in [6, 6.07) is 3.26. The summed E-state index contributed by atoms with van der Waals surface area (Å²) >= 11 is 8.28. The number of rotatable bonds is 1. The van der Waals surface area contributed by atoms with E-state index in [2.05, 4.69) is 20.9 Å². The fraction of sp³-hybridized carbons (Fsp3) is 0. The second-order valence-corrected chi connectivity index (χ2v) is 2.71. The monoisotopic (exact) mass is 255 g/mol. The van der Waals surface area contributed by atoms with Gasteiger partial charge in [-0.15, -0.1) is 12.4 Å². The average molecular weight is 257 g/mol. The van der Waals surface area contributed by atoms with Crippen LogP contribution in [0.25, 0.3) is 0 Å². The third-order valence-corrected chi connectivity index (χ3v) is 1.81. The highest BCUT2D eigenvalue weighted by molar-refractivity contribution is 9.10. The molecule has 0 aliphatic rings. The molecule has 0 unspecified atom stereocenters. The van der Waals surface area contributed by atoms with Crippen molar-refractivity contribution in [1.82, 2.24) is 4.98 Å². The molecule has 1 heterocycles. The largest absolute Gasteiger partial charge is 0.276 e. The Kier molecular flexibility index (Phi) is 4.65. The highest BCUT2D eigenvalue weighted by atomic mass is 79.9. The number of halogens is 3. The maximum absolute atomic E-state index is 10.6. The first-order chi connectivity index (χ1) is 4.72. The van der Waals surface area contributed by atoms with Crippen molar-refractivity contribution < 1.29 is 4.79 Å². The maximum atomic E-state index is 10.6. The van der Waals surface area contributed by atoms with Gasteiger partial charge in [-0.3, -0.25) is 4.79 Å². The van der Waals surface area contributed by atoms with Crippen LogP contribution in [0, 0.1) is 0 Å². The second-order valence-electron chi connectivity index (χ2n) is 1.62. The zero-order chi connectivity index (χ0) is 7.56. The summed E-state index contributed by atoms with van der Waals surface area (Å²) in [7, 11) is 0. The Bertz CT molecular complexity index is 267. The topological polar surface area (TPSA) is 30.0 Å². The van der Waals surface area contributed by atoms with E-state index in [4.69, 9.17) is 11.6 Å². The van der Waals surface area contributed by atoms with Gasteiger partial charge in [-0.2, -0.15) is 0 Å². The van der Waals surface area contributed by atoms with Crippen LogP contribution >= 0.6 is 39.9 Å². The maximum Gasteiger partial charge on any atom is 0.255 e. The van der Waals surface area contributed by atoms with E-state index >= 15 is 0 Å². The minimum Gasteiger partial charge on any atom is -0.276 e. The summed E-state index contributed by atoms with van der Waals surface area (Å²) < 4.78 is 0.481. The Morgan fingerprint density at radius 1 is 1.64 bits per heavy atom. The van der Waals surface area contributed by atoms with E-state index in [0.717, 1.165) is 0 Å². The number of carbonyl (C=O) groups is 1. The van der Waals surface area contributed by atoms with E-state index in [0.29, 0.717) is 10.2 Å². The lowest BCUT2D eigenvalue weighted by Gasteiger charge is -1.93. The van der Waals surface area contributed by atoms with Crippen LogP contribution in [-0.4, -0.2) is 10.2 Å². The standard InChI is InChI=1S/C6H3BrClNO.ClH/c7-5-4(6(8)10)2-1-3-9-5;/h1-3H;1H. The summed E-state index contributed by atoms with van der Waals surface area (Å²) in [5.41, 5.74) is 0.393. The molecular weight excluding hydrogens is 253 g/mol. The van der Waals surface area contributed by atoms with Crippen LogP contribution in [0.1, 0.15) is 10.4 Å². The molecule has 2 nitrogen and oxygen atoms in total. The Balaban J connectivity index is 0.000001000. The smallest absolute Gasteiger partial charge is 0.255 e. The lowest BCUT2D eigenvalue weighted by atomic mass is 10.3. The van der Waals surface area contributed by atoms with Gasteiger partial charge in [0.2, 0.25) is 0 Å². The molecule has 0 atom stereocenters. The molecule has 0 aromatic carbocycles. The van der Waals surface area contributed by atoms with Crippen LogP contribution in [0.2, 0.25) is 0 Å². The molecular formula is C6H4BrCl2NO. The van der Waals surface area contributed by atoms with Crippen LogP contribution < -0.4 is 0 Å². The molecule has 0 saturated carbocycles. The minimum atomic E-state index is -0.500. The summed E-state index contributed by atoms with van der Waals surface area (Å²) in [5, 5.41) is -0.500. The first-order valence-corrected chi connectivity index (χ1v) is 3.69. The molecule has 1 aromatic rings. The molecule has 5 heteroatoms. The van der Waals surface area contributed by atoms with Gasteiger partial charge in [0.05, 0.1) is 5.56 Å². The van der Waals surface area contributed by atoms with Gasteiger partial charge < -0.3 is 0 Å². The van der Waals surface area contributed by atoms with Gasteiger partial charge in [0.15, 0.2) is 0 Å². The van der Waals surface area contributed by atoms with Crippen molar-refractivity contribution in [3.05, 3.63) is 28.5 Å². The molecule has 1 rings (SSSR count). The van der Waals surface area contributed by atoms with Crippen LogP contribution in [0.3, 0.4) is 0 Å². The fourth-order valence-corrected chi connectivity index (χ4v) is 1.23. The highest BCUT2D eigenvalue weighted by Crippen LogP contribution is 2.13. The van der Waals surface area contributed by atoms with Crippen molar-refractivity contribution in [3.8, 4) is 0 Å². The molecule has 0 saturated heterocycles. The van der Waals surface area contributed by atoms with Crippen molar-refractivity contribution in [2.75, 3.05) is 0 Å². The van der Waals surface area contributed by atoms with Crippen molar-refractivity contribution >= 4 is 45.2 Å². The first-order valence-electron chi connectivity index (χ1n) is 2.52. The van der Waals surface area contributed by atoms with Crippen molar-refractivity contribution in [3.63, 3.8) is 0 Å². The molecule has 0 radical (unpaired) electrons. The summed E-state index contributed by atoms with van der Waals surface area (Å²) in [4.78, 5) is 14.4. The number of hydrogen-bond acceptors (Lipinski definition) is 2. The Hall–Kier alpha value is -0.120. The SMILES string of the molecule is Cl.O=C(Cl)c1cccnc1Br. The minimum absolute atomic E-state index is 0. The predicted molar refractivity (Wildman–Crippen MR) is 49.4 cm³/mol. The molecule has 0 amide bonds. The van der Waals surface area contributed by atoms with Gasteiger partial charge in [-0.25, -0.2) is 4.98 Å². The van der Waals surface area contributed by atoms with Gasteiger partial charge in [0.1, 0.15) is 4.60 Å². The molecule has 1 aromatic heterocycles. The van der Waals surface area contributed by atoms with E-state index in [1.54, 1.807) is 18.3 Å². The zero-order valence-corrected chi connectivity index (χ0v) is 8.41. The van der Waals surface area contributed by atoms with Crippen LogP contribution in [0.15, 0.2) is 22.9 Å². The molecule has 0 fully saturated rings. The number of nitrogens with zero attached hydrogens (tertiary/aromatic N) is 1. The lowest BCUT2D eigenvalue weighted by Crippen LogP contribution is -1.91. The molecule has 0 N–H and O–H groups in total. The second kappa shape index (κ2) is 4.70. The zero-order valence-electron chi connectivity index (χ0n) is 5.25. The molecule has 0 spiro atoms. The number of aromatic nitrogens is 1. The van der Waals surface area contributed by atoms with E-state index in [1.165, 1.54) is 0 Å². The fourth-order valence-electron chi connectivity index (χ4n) is 0.533. The van der Waals surface area contributed by atoms with Crippen molar-refractivity contribution in [2.24, 2.45) is 0 Å².